The van der Waals surface area contributed by atoms with Gasteiger partial charge in [-0.3, -0.25) is 0 Å². The van der Waals surface area contributed by atoms with Crippen LogP contribution in [0.1, 0.15) is 38.3 Å². The van der Waals surface area contributed by atoms with Crippen molar-refractivity contribution >= 4 is 10.0 Å². The van der Waals surface area contributed by atoms with E-state index in [1.54, 1.807) is 24.3 Å². The molecule has 0 aliphatic heterocycles. The van der Waals surface area contributed by atoms with Crippen molar-refractivity contribution in [1.29, 1.82) is 5.26 Å². The first kappa shape index (κ1) is 15.7. The van der Waals surface area contributed by atoms with Gasteiger partial charge in [0.25, 0.3) is 0 Å². The second-order valence-corrected chi connectivity index (χ2v) is 6.97. The number of nitriles is 1. The highest BCUT2D eigenvalue weighted by Crippen LogP contribution is 2.10. The van der Waals surface area contributed by atoms with E-state index in [0.29, 0.717) is 17.0 Å². The highest BCUT2D eigenvalue weighted by Gasteiger charge is 2.16. The van der Waals surface area contributed by atoms with Gasteiger partial charge in [-0.15, -0.1) is 0 Å². The molecule has 0 amide bonds. The smallest absolute Gasteiger partial charge is 0.212 e. The molecule has 1 rings (SSSR count). The molecule has 1 N–H and O–H groups in total. The molecule has 0 aliphatic carbocycles. The third-order valence-electron chi connectivity index (χ3n) is 2.65. The first-order valence-corrected chi connectivity index (χ1v) is 7.96. The van der Waals surface area contributed by atoms with Crippen LogP contribution in [0.15, 0.2) is 24.3 Å². The van der Waals surface area contributed by atoms with Gasteiger partial charge in [-0.2, -0.15) is 5.26 Å². The van der Waals surface area contributed by atoms with Crippen LogP contribution in [-0.2, 0) is 15.8 Å². The summed E-state index contributed by atoms with van der Waals surface area (Å²) in [4.78, 5) is 0. The Morgan fingerprint density at radius 3 is 2.26 bits per heavy atom. The van der Waals surface area contributed by atoms with Crippen LogP contribution in [0, 0.1) is 17.2 Å². The maximum absolute atomic E-state index is 12.0. The Morgan fingerprint density at radius 1 is 1.21 bits per heavy atom. The predicted molar refractivity (Wildman–Crippen MR) is 75.8 cm³/mol. The molecule has 104 valence electrons. The van der Waals surface area contributed by atoms with E-state index < -0.39 is 10.0 Å². The largest absolute Gasteiger partial charge is 0.216 e. The molecule has 0 bridgehead atoms. The highest BCUT2D eigenvalue weighted by molar-refractivity contribution is 7.88. The molecule has 19 heavy (non-hydrogen) atoms. The lowest BCUT2D eigenvalue weighted by molar-refractivity contribution is 0.482. The number of hydrogen-bond donors (Lipinski definition) is 1. The average Bonchev–Trinajstić information content (AvgIpc) is 2.27. The van der Waals surface area contributed by atoms with Crippen LogP contribution >= 0.6 is 0 Å². The van der Waals surface area contributed by atoms with Crippen molar-refractivity contribution < 1.29 is 8.42 Å². The van der Waals surface area contributed by atoms with E-state index >= 15 is 0 Å². The lowest BCUT2D eigenvalue weighted by atomic mass is 10.1. The summed E-state index contributed by atoms with van der Waals surface area (Å²) in [6.07, 6.45) is 0.812. The van der Waals surface area contributed by atoms with Crippen molar-refractivity contribution in [2.24, 2.45) is 5.92 Å². The van der Waals surface area contributed by atoms with E-state index in [2.05, 4.69) is 18.6 Å². The molecule has 0 spiro atoms. The normalized spacial score (nSPS) is 13.2. The Hall–Kier alpha value is -1.38. The second-order valence-electron chi connectivity index (χ2n) is 5.22. The van der Waals surface area contributed by atoms with Gasteiger partial charge in [0.2, 0.25) is 10.0 Å². The van der Waals surface area contributed by atoms with Crippen LogP contribution in [0.25, 0.3) is 0 Å². The SMILES string of the molecule is CC(C)CC(C)NS(=O)(=O)Cc1ccc(C#N)cc1. The molecule has 0 aliphatic rings. The fourth-order valence-corrected chi connectivity index (χ4v) is 3.42. The van der Waals surface area contributed by atoms with Crippen molar-refractivity contribution in [3.8, 4) is 6.07 Å². The zero-order valence-corrected chi connectivity index (χ0v) is 12.4. The van der Waals surface area contributed by atoms with Crippen LogP contribution in [0.3, 0.4) is 0 Å². The van der Waals surface area contributed by atoms with Crippen molar-refractivity contribution in [1.82, 2.24) is 4.72 Å². The van der Waals surface area contributed by atoms with Gasteiger partial charge < -0.3 is 0 Å². The zero-order valence-electron chi connectivity index (χ0n) is 11.6. The Balaban J connectivity index is 2.66. The van der Waals surface area contributed by atoms with Gasteiger partial charge in [-0.25, -0.2) is 13.1 Å². The minimum atomic E-state index is -3.33. The summed E-state index contributed by atoms with van der Waals surface area (Å²) < 4.78 is 26.6. The van der Waals surface area contributed by atoms with Gasteiger partial charge in [0.1, 0.15) is 0 Å². The van der Waals surface area contributed by atoms with E-state index in [-0.39, 0.29) is 11.8 Å². The molecule has 1 atom stereocenters. The van der Waals surface area contributed by atoms with Crippen molar-refractivity contribution in [3.63, 3.8) is 0 Å². The molecule has 0 saturated heterocycles. The number of benzene rings is 1. The Morgan fingerprint density at radius 2 is 1.79 bits per heavy atom. The minimum absolute atomic E-state index is 0.0544. The van der Waals surface area contributed by atoms with E-state index in [4.69, 9.17) is 5.26 Å². The summed E-state index contributed by atoms with van der Waals surface area (Å²) in [6.45, 7) is 5.99. The monoisotopic (exact) mass is 280 g/mol. The third-order valence-corrected chi connectivity index (χ3v) is 4.12. The molecule has 0 radical (unpaired) electrons. The number of sulfonamides is 1. The fraction of sp³-hybridized carbons (Fsp3) is 0.500. The maximum Gasteiger partial charge on any atom is 0.216 e. The molecule has 0 heterocycles. The summed E-state index contributed by atoms with van der Waals surface area (Å²) in [6, 6.07) is 8.54. The Labute approximate surface area is 115 Å². The van der Waals surface area contributed by atoms with Crippen LogP contribution in [0.2, 0.25) is 0 Å². The first-order valence-electron chi connectivity index (χ1n) is 6.31. The van der Waals surface area contributed by atoms with Crippen molar-refractivity contribution in [3.05, 3.63) is 35.4 Å². The summed E-state index contributed by atoms with van der Waals surface area (Å²) in [5.74, 6) is 0.397. The van der Waals surface area contributed by atoms with E-state index in [1.165, 1.54) is 0 Å². The summed E-state index contributed by atoms with van der Waals surface area (Å²) in [5.41, 5.74) is 1.21. The molecular formula is C14H20N2O2S. The maximum atomic E-state index is 12.0. The van der Waals surface area contributed by atoms with Crippen LogP contribution in [0.4, 0.5) is 0 Å². The molecule has 0 fully saturated rings. The molecule has 1 aromatic carbocycles. The van der Waals surface area contributed by atoms with Gasteiger partial charge in [0.05, 0.1) is 17.4 Å². The molecule has 1 unspecified atom stereocenters. The van der Waals surface area contributed by atoms with E-state index in [0.717, 1.165) is 6.42 Å². The van der Waals surface area contributed by atoms with Crippen LogP contribution in [-0.4, -0.2) is 14.5 Å². The van der Waals surface area contributed by atoms with Crippen LogP contribution < -0.4 is 4.72 Å². The molecule has 5 heteroatoms. The summed E-state index contributed by atoms with van der Waals surface area (Å²) >= 11 is 0. The van der Waals surface area contributed by atoms with Crippen molar-refractivity contribution in [2.75, 3.05) is 0 Å². The van der Waals surface area contributed by atoms with Crippen molar-refractivity contribution in [2.45, 2.75) is 39.0 Å². The second kappa shape index (κ2) is 6.69. The number of hydrogen-bond acceptors (Lipinski definition) is 3. The van der Waals surface area contributed by atoms with Gasteiger partial charge in [-0.1, -0.05) is 26.0 Å². The summed E-state index contributed by atoms with van der Waals surface area (Å²) in [7, 11) is -3.33. The molecule has 1 aromatic rings. The quantitative estimate of drug-likeness (QED) is 0.870. The third kappa shape index (κ3) is 5.86. The topological polar surface area (TPSA) is 70.0 Å². The Kier molecular flexibility index (Phi) is 5.52. The van der Waals surface area contributed by atoms with Gasteiger partial charge >= 0.3 is 0 Å². The molecule has 0 saturated carbocycles. The number of nitrogens with one attached hydrogen (secondary N) is 1. The first-order chi connectivity index (χ1) is 8.82. The summed E-state index contributed by atoms with van der Waals surface area (Å²) in [5, 5.41) is 8.68. The number of nitrogens with zero attached hydrogens (tertiary/aromatic N) is 1. The van der Waals surface area contributed by atoms with E-state index in [9.17, 15) is 8.42 Å². The predicted octanol–water partition coefficient (Wildman–Crippen LogP) is 2.41. The molecular weight excluding hydrogens is 260 g/mol. The zero-order chi connectivity index (χ0) is 14.5. The standard InChI is InChI=1S/C14H20N2O2S/c1-11(2)8-12(3)16-19(17,18)10-14-6-4-13(9-15)5-7-14/h4-7,11-12,16H,8,10H2,1-3H3. The lowest BCUT2D eigenvalue weighted by Gasteiger charge is -2.16. The highest BCUT2D eigenvalue weighted by atomic mass is 32.2. The lowest BCUT2D eigenvalue weighted by Crippen LogP contribution is -2.34. The van der Waals surface area contributed by atoms with Gasteiger partial charge in [0.15, 0.2) is 0 Å². The van der Waals surface area contributed by atoms with E-state index in [1.807, 2.05) is 13.0 Å². The van der Waals surface area contributed by atoms with Gasteiger partial charge in [0, 0.05) is 6.04 Å². The molecule has 4 nitrogen and oxygen atoms in total. The average molecular weight is 280 g/mol. The number of rotatable bonds is 6. The van der Waals surface area contributed by atoms with Crippen LogP contribution in [0.5, 0.6) is 0 Å². The minimum Gasteiger partial charge on any atom is -0.212 e. The van der Waals surface area contributed by atoms with Gasteiger partial charge in [-0.05, 0) is 37.0 Å². The molecule has 0 aromatic heterocycles. The Bertz CT molecular complexity index is 542. The fourth-order valence-electron chi connectivity index (χ4n) is 2.00.